The highest BCUT2D eigenvalue weighted by molar-refractivity contribution is 6.36. The quantitative estimate of drug-likeness (QED) is 0.883. The van der Waals surface area contributed by atoms with E-state index in [0.717, 1.165) is 19.3 Å². The van der Waals surface area contributed by atoms with Crippen LogP contribution < -0.4 is 5.32 Å². The topological polar surface area (TPSA) is 66.4 Å². The summed E-state index contributed by atoms with van der Waals surface area (Å²) in [6.45, 7) is 0.125. The molecule has 1 amide bonds. The zero-order valence-corrected chi connectivity index (χ0v) is 13.0. The summed E-state index contributed by atoms with van der Waals surface area (Å²) in [4.78, 5) is 23.7. The zero-order valence-electron chi connectivity index (χ0n) is 11.5. The van der Waals surface area contributed by atoms with Gasteiger partial charge in [-0.15, -0.1) is 0 Å². The van der Waals surface area contributed by atoms with Crippen LogP contribution in [-0.2, 0) is 4.79 Å². The van der Waals surface area contributed by atoms with E-state index in [9.17, 15) is 14.7 Å². The fraction of sp³-hybridized carbons (Fsp3) is 0.467. The summed E-state index contributed by atoms with van der Waals surface area (Å²) in [5.41, 5.74) is -0.551. The van der Waals surface area contributed by atoms with Crippen LogP contribution in [0.4, 0.5) is 0 Å². The predicted octanol–water partition coefficient (Wildman–Crippen LogP) is 3.76. The first-order valence-electron chi connectivity index (χ1n) is 6.91. The Hall–Kier alpha value is -1.26. The highest BCUT2D eigenvalue weighted by Crippen LogP contribution is 2.36. The Labute approximate surface area is 133 Å². The summed E-state index contributed by atoms with van der Waals surface area (Å²) in [5.74, 6) is -1.22. The van der Waals surface area contributed by atoms with Crippen molar-refractivity contribution in [3.63, 3.8) is 0 Å². The van der Waals surface area contributed by atoms with Gasteiger partial charge in [0.25, 0.3) is 5.91 Å². The predicted molar refractivity (Wildman–Crippen MR) is 81.9 cm³/mol. The molecule has 114 valence electrons. The molecule has 1 aliphatic carbocycles. The molecule has 21 heavy (non-hydrogen) atoms. The second-order valence-corrected chi connectivity index (χ2v) is 6.30. The first-order chi connectivity index (χ1) is 9.94. The Balaban J connectivity index is 2.07. The maximum absolute atomic E-state index is 12.2. The van der Waals surface area contributed by atoms with Crippen molar-refractivity contribution in [3.05, 3.63) is 33.8 Å². The normalized spacial score (nSPS) is 17.2. The second kappa shape index (κ2) is 6.67. The standard InChI is InChI=1S/C15H17Cl2NO3/c16-10-4-5-11(12(17)8-10)13(19)18-9-15(14(20)21)6-2-1-3-7-15/h4-5,8H,1-3,6-7,9H2,(H,18,19)(H,20,21). The van der Waals surface area contributed by atoms with E-state index in [0.29, 0.717) is 23.4 Å². The number of aliphatic carboxylic acids is 1. The van der Waals surface area contributed by atoms with Gasteiger partial charge in [-0.3, -0.25) is 9.59 Å². The number of carboxylic acids is 1. The molecule has 1 saturated carbocycles. The SMILES string of the molecule is O=C(NCC1(C(=O)O)CCCCC1)c1ccc(Cl)cc1Cl. The molecule has 0 aromatic heterocycles. The van der Waals surface area contributed by atoms with Crippen LogP contribution in [0.5, 0.6) is 0 Å². The monoisotopic (exact) mass is 329 g/mol. The fourth-order valence-corrected chi connectivity index (χ4v) is 3.21. The van der Waals surface area contributed by atoms with Gasteiger partial charge in [0, 0.05) is 11.6 Å². The van der Waals surface area contributed by atoms with Crippen LogP contribution in [0, 0.1) is 5.41 Å². The minimum atomic E-state index is -0.854. The molecule has 0 atom stereocenters. The van der Waals surface area contributed by atoms with Crippen LogP contribution in [0.2, 0.25) is 10.0 Å². The van der Waals surface area contributed by atoms with Gasteiger partial charge in [0.15, 0.2) is 0 Å². The first-order valence-corrected chi connectivity index (χ1v) is 7.67. The van der Waals surface area contributed by atoms with Crippen molar-refractivity contribution >= 4 is 35.1 Å². The number of carbonyl (C=O) groups is 2. The van der Waals surface area contributed by atoms with Crippen molar-refractivity contribution in [2.45, 2.75) is 32.1 Å². The molecule has 0 saturated heterocycles. The van der Waals surface area contributed by atoms with E-state index in [1.807, 2.05) is 0 Å². The van der Waals surface area contributed by atoms with Crippen molar-refractivity contribution in [1.29, 1.82) is 0 Å². The molecule has 2 rings (SSSR count). The molecule has 1 fully saturated rings. The summed E-state index contributed by atoms with van der Waals surface area (Å²) in [7, 11) is 0. The molecule has 0 bridgehead atoms. The third kappa shape index (κ3) is 3.69. The lowest BCUT2D eigenvalue weighted by Crippen LogP contribution is -2.44. The molecule has 1 aromatic rings. The van der Waals surface area contributed by atoms with Crippen molar-refractivity contribution in [3.8, 4) is 0 Å². The van der Waals surface area contributed by atoms with E-state index in [-0.39, 0.29) is 17.5 Å². The molecule has 0 radical (unpaired) electrons. The van der Waals surface area contributed by atoms with Crippen LogP contribution in [0.15, 0.2) is 18.2 Å². The summed E-state index contributed by atoms with van der Waals surface area (Å²) in [6.07, 6.45) is 3.99. The number of benzene rings is 1. The minimum Gasteiger partial charge on any atom is -0.481 e. The Bertz CT molecular complexity index is 554. The number of rotatable bonds is 4. The van der Waals surface area contributed by atoms with Gasteiger partial charge in [0.1, 0.15) is 0 Å². The smallest absolute Gasteiger partial charge is 0.311 e. The molecular weight excluding hydrogens is 313 g/mol. The van der Waals surface area contributed by atoms with E-state index < -0.39 is 11.4 Å². The van der Waals surface area contributed by atoms with Gasteiger partial charge in [-0.1, -0.05) is 42.5 Å². The van der Waals surface area contributed by atoms with Crippen LogP contribution in [0.1, 0.15) is 42.5 Å². The molecular formula is C15H17Cl2NO3. The zero-order chi connectivity index (χ0) is 15.5. The van der Waals surface area contributed by atoms with Gasteiger partial charge in [0.05, 0.1) is 16.0 Å². The van der Waals surface area contributed by atoms with Gasteiger partial charge in [-0.25, -0.2) is 0 Å². The Morgan fingerprint density at radius 3 is 2.43 bits per heavy atom. The van der Waals surface area contributed by atoms with Crippen LogP contribution in [0.25, 0.3) is 0 Å². The molecule has 6 heteroatoms. The maximum atomic E-state index is 12.2. The summed E-state index contributed by atoms with van der Waals surface area (Å²) >= 11 is 11.8. The molecule has 0 heterocycles. The number of halogens is 2. The Kier molecular flexibility index (Phi) is 5.12. The van der Waals surface area contributed by atoms with Crippen molar-refractivity contribution < 1.29 is 14.7 Å². The van der Waals surface area contributed by atoms with E-state index in [1.165, 1.54) is 12.1 Å². The largest absolute Gasteiger partial charge is 0.481 e. The third-order valence-corrected chi connectivity index (χ3v) is 4.58. The number of hydrogen-bond donors (Lipinski definition) is 2. The lowest BCUT2D eigenvalue weighted by atomic mass is 9.74. The molecule has 0 aliphatic heterocycles. The first kappa shape index (κ1) is 16.1. The molecule has 2 N–H and O–H groups in total. The van der Waals surface area contributed by atoms with Crippen molar-refractivity contribution in [2.24, 2.45) is 5.41 Å². The molecule has 1 aromatic carbocycles. The number of hydrogen-bond acceptors (Lipinski definition) is 2. The summed E-state index contributed by atoms with van der Waals surface area (Å²) < 4.78 is 0. The Morgan fingerprint density at radius 2 is 1.86 bits per heavy atom. The summed E-state index contributed by atoms with van der Waals surface area (Å²) in [6, 6.07) is 4.61. The lowest BCUT2D eigenvalue weighted by Gasteiger charge is -2.33. The number of carbonyl (C=O) groups excluding carboxylic acids is 1. The maximum Gasteiger partial charge on any atom is 0.311 e. The van der Waals surface area contributed by atoms with Crippen LogP contribution in [0.3, 0.4) is 0 Å². The van der Waals surface area contributed by atoms with E-state index >= 15 is 0 Å². The van der Waals surface area contributed by atoms with E-state index in [1.54, 1.807) is 6.07 Å². The van der Waals surface area contributed by atoms with Crippen molar-refractivity contribution in [2.75, 3.05) is 6.54 Å². The van der Waals surface area contributed by atoms with Gasteiger partial charge in [-0.05, 0) is 31.0 Å². The average molecular weight is 330 g/mol. The van der Waals surface area contributed by atoms with Crippen LogP contribution >= 0.6 is 23.2 Å². The Morgan fingerprint density at radius 1 is 1.19 bits per heavy atom. The minimum absolute atomic E-state index is 0.125. The highest BCUT2D eigenvalue weighted by atomic mass is 35.5. The van der Waals surface area contributed by atoms with Gasteiger partial charge in [0.2, 0.25) is 0 Å². The van der Waals surface area contributed by atoms with Crippen LogP contribution in [-0.4, -0.2) is 23.5 Å². The lowest BCUT2D eigenvalue weighted by molar-refractivity contribution is -0.150. The number of amides is 1. The van der Waals surface area contributed by atoms with Gasteiger partial charge < -0.3 is 10.4 Å². The second-order valence-electron chi connectivity index (χ2n) is 5.45. The number of nitrogens with one attached hydrogen (secondary N) is 1. The van der Waals surface area contributed by atoms with Gasteiger partial charge >= 0.3 is 5.97 Å². The van der Waals surface area contributed by atoms with E-state index in [4.69, 9.17) is 23.2 Å². The molecule has 4 nitrogen and oxygen atoms in total. The average Bonchev–Trinajstić information content (AvgIpc) is 2.45. The third-order valence-electron chi connectivity index (χ3n) is 4.03. The fourth-order valence-electron chi connectivity index (χ4n) is 2.71. The highest BCUT2D eigenvalue weighted by Gasteiger charge is 2.39. The van der Waals surface area contributed by atoms with Crippen molar-refractivity contribution in [1.82, 2.24) is 5.32 Å². The molecule has 0 spiro atoms. The van der Waals surface area contributed by atoms with E-state index in [2.05, 4.69) is 5.32 Å². The van der Waals surface area contributed by atoms with Gasteiger partial charge in [-0.2, -0.15) is 0 Å². The molecule has 1 aliphatic rings. The summed E-state index contributed by atoms with van der Waals surface area (Å²) in [5, 5.41) is 12.9. The number of carboxylic acid groups (broad SMARTS) is 1. The molecule has 0 unspecified atom stereocenters.